The Balaban J connectivity index is 2.33. The van der Waals surface area contributed by atoms with Crippen molar-refractivity contribution in [2.45, 2.75) is 18.4 Å². The number of aliphatic hydroxyl groups excluding tert-OH is 1. The largest absolute Gasteiger partial charge is 0.493 e. The van der Waals surface area contributed by atoms with Crippen LogP contribution < -0.4 is 4.74 Å². The molecule has 1 unspecified atom stereocenters. The Kier molecular flexibility index (Phi) is 3.84. The highest BCUT2D eigenvalue weighted by Crippen LogP contribution is 2.40. The quantitative estimate of drug-likeness (QED) is 0.769. The minimum absolute atomic E-state index is 0.0200. The lowest BCUT2D eigenvalue weighted by Crippen LogP contribution is -2.43. The maximum absolute atomic E-state index is 11.6. The molecule has 1 aromatic carbocycles. The number of aliphatic carboxylic acids is 1. The van der Waals surface area contributed by atoms with Crippen molar-refractivity contribution in [3.05, 3.63) is 29.8 Å². The van der Waals surface area contributed by atoms with Gasteiger partial charge in [0.05, 0.1) is 13.2 Å². The summed E-state index contributed by atoms with van der Waals surface area (Å²) in [4.78, 5) is 11.6. The SMILES string of the molecule is O=C(O)C1(OCCCO)CCOc2ccccc21. The molecule has 0 radical (unpaired) electrons. The molecule has 1 aliphatic rings. The number of fused-ring (bicyclic) bond motifs is 1. The van der Waals surface area contributed by atoms with Crippen molar-refractivity contribution in [3.8, 4) is 5.75 Å². The van der Waals surface area contributed by atoms with E-state index in [9.17, 15) is 9.90 Å². The van der Waals surface area contributed by atoms with Gasteiger partial charge in [0.2, 0.25) is 0 Å². The van der Waals surface area contributed by atoms with E-state index in [-0.39, 0.29) is 19.6 Å². The van der Waals surface area contributed by atoms with Gasteiger partial charge in [-0.25, -0.2) is 4.79 Å². The second-order valence-electron chi connectivity index (χ2n) is 4.15. The summed E-state index contributed by atoms with van der Waals surface area (Å²) in [5.41, 5.74) is -0.814. The molecule has 0 saturated heterocycles. The summed E-state index contributed by atoms with van der Waals surface area (Å²) < 4.78 is 11.0. The summed E-state index contributed by atoms with van der Waals surface area (Å²) in [6.07, 6.45) is 0.683. The molecular formula is C13H16O5. The summed E-state index contributed by atoms with van der Waals surface area (Å²) in [5, 5.41) is 18.3. The van der Waals surface area contributed by atoms with Crippen LogP contribution in [0.5, 0.6) is 5.75 Å². The van der Waals surface area contributed by atoms with Crippen LogP contribution in [0.2, 0.25) is 0 Å². The van der Waals surface area contributed by atoms with Crippen LogP contribution in [0.15, 0.2) is 24.3 Å². The van der Waals surface area contributed by atoms with E-state index in [1.165, 1.54) is 0 Å². The average Bonchev–Trinajstić information content (AvgIpc) is 2.39. The van der Waals surface area contributed by atoms with Crippen molar-refractivity contribution in [2.24, 2.45) is 0 Å². The van der Waals surface area contributed by atoms with Crippen molar-refractivity contribution in [2.75, 3.05) is 19.8 Å². The van der Waals surface area contributed by atoms with E-state index in [0.717, 1.165) is 0 Å². The maximum atomic E-state index is 11.6. The highest BCUT2D eigenvalue weighted by molar-refractivity contribution is 5.81. The molecule has 1 aliphatic heterocycles. The van der Waals surface area contributed by atoms with E-state index < -0.39 is 11.6 Å². The molecule has 5 heteroatoms. The normalized spacial score (nSPS) is 22.1. The van der Waals surface area contributed by atoms with Crippen molar-refractivity contribution in [1.82, 2.24) is 0 Å². The summed E-state index contributed by atoms with van der Waals surface area (Å²) in [7, 11) is 0. The Morgan fingerprint density at radius 2 is 2.22 bits per heavy atom. The van der Waals surface area contributed by atoms with Crippen molar-refractivity contribution in [3.63, 3.8) is 0 Å². The average molecular weight is 252 g/mol. The highest BCUT2D eigenvalue weighted by atomic mass is 16.5. The van der Waals surface area contributed by atoms with Gasteiger partial charge < -0.3 is 19.7 Å². The number of para-hydroxylation sites is 1. The zero-order valence-electron chi connectivity index (χ0n) is 9.96. The zero-order chi connectivity index (χ0) is 13.0. The van der Waals surface area contributed by atoms with E-state index in [2.05, 4.69) is 0 Å². The van der Waals surface area contributed by atoms with E-state index >= 15 is 0 Å². The Bertz CT molecular complexity index is 431. The molecule has 0 aromatic heterocycles. The van der Waals surface area contributed by atoms with Crippen LogP contribution >= 0.6 is 0 Å². The minimum atomic E-state index is -1.36. The molecule has 2 N–H and O–H groups in total. The number of carboxylic acid groups (broad SMARTS) is 1. The molecule has 2 rings (SSSR count). The highest BCUT2D eigenvalue weighted by Gasteiger charge is 2.45. The van der Waals surface area contributed by atoms with Gasteiger partial charge in [-0.05, 0) is 12.5 Å². The maximum Gasteiger partial charge on any atom is 0.340 e. The number of hydrogen-bond acceptors (Lipinski definition) is 4. The first kappa shape index (κ1) is 12.9. The molecule has 98 valence electrons. The molecule has 1 heterocycles. The number of carbonyl (C=O) groups is 1. The van der Waals surface area contributed by atoms with Crippen LogP contribution in [0, 0.1) is 0 Å². The molecule has 1 aromatic rings. The van der Waals surface area contributed by atoms with Gasteiger partial charge >= 0.3 is 5.97 Å². The molecule has 0 saturated carbocycles. The van der Waals surface area contributed by atoms with E-state index in [1.807, 2.05) is 0 Å². The van der Waals surface area contributed by atoms with E-state index in [4.69, 9.17) is 14.6 Å². The molecule has 0 bridgehead atoms. The lowest BCUT2D eigenvalue weighted by atomic mass is 9.88. The smallest absolute Gasteiger partial charge is 0.340 e. The topological polar surface area (TPSA) is 76.0 Å². The summed E-state index contributed by atoms with van der Waals surface area (Å²) in [6.45, 7) is 0.493. The summed E-state index contributed by atoms with van der Waals surface area (Å²) in [6, 6.07) is 7.01. The third-order valence-corrected chi connectivity index (χ3v) is 3.03. The van der Waals surface area contributed by atoms with Gasteiger partial charge in [-0.15, -0.1) is 0 Å². The van der Waals surface area contributed by atoms with Gasteiger partial charge in [-0.3, -0.25) is 0 Å². The predicted octanol–water partition coefficient (Wildman–Crippen LogP) is 1.15. The third-order valence-electron chi connectivity index (χ3n) is 3.03. The van der Waals surface area contributed by atoms with Gasteiger partial charge in [0.25, 0.3) is 0 Å². The number of rotatable bonds is 5. The second-order valence-corrected chi connectivity index (χ2v) is 4.15. The van der Waals surface area contributed by atoms with E-state index in [1.54, 1.807) is 24.3 Å². The first-order valence-electron chi connectivity index (χ1n) is 5.91. The van der Waals surface area contributed by atoms with Crippen molar-refractivity contribution < 1.29 is 24.5 Å². The molecular weight excluding hydrogens is 236 g/mol. The van der Waals surface area contributed by atoms with Gasteiger partial charge in [-0.1, -0.05) is 18.2 Å². The van der Waals surface area contributed by atoms with Gasteiger partial charge in [0, 0.05) is 18.6 Å². The zero-order valence-corrected chi connectivity index (χ0v) is 9.96. The van der Waals surface area contributed by atoms with Gasteiger partial charge in [-0.2, -0.15) is 0 Å². The Morgan fingerprint density at radius 3 is 2.94 bits per heavy atom. The predicted molar refractivity (Wildman–Crippen MR) is 63.5 cm³/mol. The van der Waals surface area contributed by atoms with Gasteiger partial charge in [0.1, 0.15) is 5.75 Å². The standard InChI is InChI=1S/C13H16O5/c14-7-3-8-18-13(12(15)16)6-9-17-11-5-2-1-4-10(11)13/h1-2,4-5,14H,3,6-9H2,(H,15,16). The molecule has 0 spiro atoms. The third kappa shape index (κ3) is 2.19. The Morgan fingerprint density at radius 1 is 1.44 bits per heavy atom. The van der Waals surface area contributed by atoms with Crippen LogP contribution in [0.4, 0.5) is 0 Å². The van der Waals surface area contributed by atoms with Gasteiger partial charge in [0.15, 0.2) is 5.60 Å². The number of ether oxygens (including phenoxy) is 2. The van der Waals surface area contributed by atoms with Crippen LogP contribution in [0.25, 0.3) is 0 Å². The summed E-state index contributed by atoms with van der Waals surface area (Å²) >= 11 is 0. The monoisotopic (exact) mass is 252 g/mol. The van der Waals surface area contributed by atoms with Crippen molar-refractivity contribution in [1.29, 1.82) is 0 Å². The first-order chi connectivity index (χ1) is 8.70. The lowest BCUT2D eigenvalue weighted by Gasteiger charge is -2.35. The molecule has 5 nitrogen and oxygen atoms in total. The minimum Gasteiger partial charge on any atom is -0.493 e. The lowest BCUT2D eigenvalue weighted by molar-refractivity contribution is -0.172. The Hall–Kier alpha value is -1.59. The van der Waals surface area contributed by atoms with Crippen LogP contribution in [-0.4, -0.2) is 36.0 Å². The second kappa shape index (κ2) is 5.37. The van der Waals surface area contributed by atoms with Crippen LogP contribution in [0.1, 0.15) is 18.4 Å². The molecule has 18 heavy (non-hydrogen) atoms. The van der Waals surface area contributed by atoms with Crippen LogP contribution in [0.3, 0.4) is 0 Å². The van der Waals surface area contributed by atoms with Crippen LogP contribution in [-0.2, 0) is 15.1 Å². The van der Waals surface area contributed by atoms with E-state index in [0.29, 0.717) is 24.3 Å². The number of benzene rings is 1. The first-order valence-corrected chi connectivity index (χ1v) is 5.91. The van der Waals surface area contributed by atoms with Crippen molar-refractivity contribution >= 4 is 5.97 Å². The molecule has 1 atom stereocenters. The fourth-order valence-corrected chi connectivity index (χ4v) is 2.11. The number of aliphatic hydroxyl groups is 1. The molecule has 0 aliphatic carbocycles. The molecule has 0 fully saturated rings. The number of hydrogen-bond donors (Lipinski definition) is 2. The Labute approximate surface area is 105 Å². The fraction of sp³-hybridized carbons (Fsp3) is 0.462. The summed E-state index contributed by atoms with van der Waals surface area (Å²) in [5.74, 6) is -0.466. The molecule has 0 amide bonds. The number of carboxylic acids is 1. The fourth-order valence-electron chi connectivity index (χ4n) is 2.11.